The maximum atomic E-state index is 13.8. The summed E-state index contributed by atoms with van der Waals surface area (Å²) in [7, 11) is 0. The number of rotatable bonds is 5. The zero-order valence-electron chi connectivity index (χ0n) is 14.6. The van der Waals surface area contributed by atoms with Crippen LogP contribution < -0.4 is 10.5 Å². The number of hydrogen-bond donors (Lipinski definition) is 0. The Morgan fingerprint density at radius 2 is 1.61 bits per heavy atom. The molecule has 166 valence electrons. The second-order valence-corrected chi connectivity index (χ2v) is 5.82. The van der Waals surface area contributed by atoms with Gasteiger partial charge in [0.2, 0.25) is 0 Å². The normalized spacial score (nSPS) is 12.5. The predicted molar refractivity (Wildman–Crippen MR) is 84.0 cm³/mol. The first kappa shape index (κ1) is 22.2. The van der Waals surface area contributed by atoms with Crippen molar-refractivity contribution in [2.45, 2.75) is 18.7 Å². The average molecular weight is 458 g/mol. The van der Waals surface area contributed by atoms with E-state index in [-0.39, 0.29) is 16.8 Å². The second kappa shape index (κ2) is 7.67. The van der Waals surface area contributed by atoms with E-state index in [1.165, 1.54) is 0 Å². The van der Waals surface area contributed by atoms with Crippen molar-refractivity contribution < 1.29 is 48.7 Å². The number of aromatic nitrogens is 2. The summed E-state index contributed by atoms with van der Waals surface area (Å²) in [5.74, 6) is -6.43. The van der Waals surface area contributed by atoms with E-state index in [1.54, 1.807) is 0 Å². The minimum atomic E-state index is -5.38. The molecular formula is C17H7F9N2O3. The van der Waals surface area contributed by atoms with E-state index in [0.29, 0.717) is 6.07 Å². The van der Waals surface area contributed by atoms with E-state index in [0.717, 1.165) is 18.2 Å². The summed E-state index contributed by atoms with van der Waals surface area (Å²) in [5, 5.41) is 3.41. The zero-order chi connectivity index (χ0) is 23.1. The second-order valence-electron chi connectivity index (χ2n) is 5.82. The van der Waals surface area contributed by atoms with E-state index in [2.05, 4.69) is 14.3 Å². The van der Waals surface area contributed by atoms with E-state index >= 15 is 0 Å². The molecule has 2 aromatic carbocycles. The van der Waals surface area contributed by atoms with Gasteiger partial charge in [-0.15, -0.1) is 5.10 Å². The number of benzene rings is 2. The van der Waals surface area contributed by atoms with Crippen molar-refractivity contribution >= 4 is 0 Å². The largest absolute Gasteiger partial charge is 0.461 e. The first-order valence-corrected chi connectivity index (χ1v) is 7.92. The van der Waals surface area contributed by atoms with Crippen molar-refractivity contribution in [3.8, 4) is 22.9 Å². The maximum Gasteiger partial charge on any atom is 0.461 e. The highest BCUT2D eigenvalue weighted by atomic mass is 19.4. The molecule has 0 unspecified atom stereocenters. The van der Waals surface area contributed by atoms with Crippen LogP contribution in [-0.2, 0) is 6.18 Å². The third-order valence-corrected chi connectivity index (χ3v) is 3.74. The topological polar surface area (TPSA) is 57.3 Å². The minimum Gasteiger partial charge on any atom is -0.428 e. The van der Waals surface area contributed by atoms with Crippen LogP contribution in [0, 0.1) is 11.6 Å². The van der Waals surface area contributed by atoms with Gasteiger partial charge in [0, 0.05) is 0 Å². The van der Waals surface area contributed by atoms with Gasteiger partial charge < -0.3 is 9.15 Å². The Hall–Kier alpha value is -3.45. The van der Waals surface area contributed by atoms with Gasteiger partial charge in [-0.3, -0.25) is 0 Å². The number of halogens is 9. The lowest BCUT2D eigenvalue weighted by Gasteiger charge is -2.20. The molecule has 0 aliphatic rings. The lowest BCUT2D eigenvalue weighted by Crippen LogP contribution is -2.34. The molecule has 0 saturated carbocycles. The Labute approximate surface area is 165 Å². The van der Waals surface area contributed by atoms with Crippen molar-refractivity contribution in [1.29, 1.82) is 0 Å². The van der Waals surface area contributed by atoms with Crippen LogP contribution in [0.4, 0.5) is 39.5 Å². The monoisotopic (exact) mass is 458 g/mol. The lowest BCUT2D eigenvalue weighted by atomic mass is 10.1. The molecule has 0 N–H and O–H groups in total. The molecule has 14 heteroatoms. The number of alkyl halides is 7. The third-order valence-electron chi connectivity index (χ3n) is 3.74. The fourth-order valence-electron chi connectivity index (χ4n) is 2.40. The van der Waals surface area contributed by atoms with Crippen LogP contribution in [-0.4, -0.2) is 22.3 Å². The summed E-state index contributed by atoms with van der Waals surface area (Å²) in [6, 6.07) is 3.52. The van der Waals surface area contributed by atoms with Crippen LogP contribution in [0.15, 0.2) is 45.6 Å². The molecule has 0 atom stereocenters. The standard InChI is InChI=1S/C17H7F9N2O3/c18-9-2-1-3-10(19)12(9)13-27-28(15(29)30-13)7-4-5-11(8(6-7)16(22,23)24)31-17(25,26)14(20)21/h1-6,14H. The lowest BCUT2D eigenvalue weighted by molar-refractivity contribution is -0.255. The van der Waals surface area contributed by atoms with Gasteiger partial charge in [-0.25, -0.2) is 13.6 Å². The van der Waals surface area contributed by atoms with Gasteiger partial charge in [-0.2, -0.15) is 35.4 Å². The van der Waals surface area contributed by atoms with Crippen LogP contribution >= 0.6 is 0 Å². The van der Waals surface area contributed by atoms with Crippen molar-refractivity contribution in [3.63, 3.8) is 0 Å². The summed E-state index contributed by atoms with van der Waals surface area (Å²) in [5.41, 5.74) is -3.57. The van der Waals surface area contributed by atoms with Crippen molar-refractivity contribution in [2.24, 2.45) is 0 Å². The summed E-state index contributed by atoms with van der Waals surface area (Å²) < 4.78 is 126. The smallest absolute Gasteiger partial charge is 0.428 e. The van der Waals surface area contributed by atoms with Gasteiger partial charge in [-0.1, -0.05) is 6.07 Å². The summed E-state index contributed by atoms with van der Waals surface area (Å²) in [4.78, 5) is 12.0. The Balaban J connectivity index is 2.11. The van der Waals surface area contributed by atoms with Gasteiger partial charge in [0.15, 0.2) is 0 Å². The molecule has 1 aromatic heterocycles. The fourth-order valence-corrected chi connectivity index (χ4v) is 2.40. The zero-order valence-corrected chi connectivity index (χ0v) is 14.6. The van der Waals surface area contributed by atoms with Gasteiger partial charge in [0.25, 0.3) is 5.89 Å². The molecule has 31 heavy (non-hydrogen) atoms. The highest BCUT2D eigenvalue weighted by Gasteiger charge is 2.46. The van der Waals surface area contributed by atoms with E-state index in [1.807, 2.05) is 0 Å². The first-order valence-electron chi connectivity index (χ1n) is 7.92. The van der Waals surface area contributed by atoms with Gasteiger partial charge in [-0.05, 0) is 30.3 Å². The van der Waals surface area contributed by atoms with Crippen LogP contribution in [0.1, 0.15) is 5.56 Å². The Morgan fingerprint density at radius 1 is 1.00 bits per heavy atom. The average Bonchev–Trinajstić information content (AvgIpc) is 3.02. The Kier molecular flexibility index (Phi) is 5.50. The molecule has 3 aromatic rings. The van der Waals surface area contributed by atoms with E-state index in [4.69, 9.17) is 0 Å². The number of nitrogens with zero attached hydrogens (tertiary/aromatic N) is 2. The highest BCUT2D eigenvalue weighted by molar-refractivity contribution is 5.55. The fraction of sp³-hybridized carbons (Fsp3) is 0.176. The van der Waals surface area contributed by atoms with Crippen LogP contribution in [0.3, 0.4) is 0 Å². The summed E-state index contributed by atoms with van der Waals surface area (Å²) in [6.07, 6.45) is -15.0. The summed E-state index contributed by atoms with van der Waals surface area (Å²) in [6.45, 7) is 0. The van der Waals surface area contributed by atoms with Crippen LogP contribution in [0.25, 0.3) is 17.1 Å². The maximum absolute atomic E-state index is 13.8. The SMILES string of the molecule is O=c1oc(-c2c(F)cccc2F)nn1-c1ccc(OC(F)(F)C(F)F)c(C(F)(F)F)c1. The third kappa shape index (κ3) is 4.36. The van der Waals surface area contributed by atoms with E-state index in [9.17, 15) is 44.3 Å². The van der Waals surface area contributed by atoms with Crippen LogP contribution in [0.5, 0.6) is 5.75 Å². The molecule has 0 radical (unpaired) electrons. The van der Waals surface area contributed by atoms with Gasteiger partial charge in [0.05, 0.1) is 11.3 Å². The molecule has 0 amide bonds. The molecule has 0 aliphatic carbocycles. The quantitative estimate of drug-likeness (QED) is 0.504. The summed E-state index contributed by atoms with van der Waals surface area (Å²) >= 11 is 0. The highest BCUT2D eigenvalue weighted by Crippen LogP contribution is 2.40. The number of hydrogen-bond acceptors (Lipinski definition) is 4. The molecule has 0 fully saturated rings. The molecule has 0 spiro atoms. The minimum absolute atomic E-state index is 0.0856. The molecule has 0 aliphatic heterocycles. The Bertz CT molecular complexity index is 1150. The molecular weight excluding hydrogens is 451 g/mol. The first-order chi connectivity index (χ1) is 14.3. The van der Waals surface area contributed by atoms with Crippen LogP contribution in [0.2, 0.25) is 0 Å². The number of ether oxygens (including phenoxy) is 1. The predicted octanol–water partition coefficient (Wildman–Crippen LogP) is 5.03. The van der Waals surface area contributed by atoms with Crippen molar-refractivity contribution in [1.82, 2.24) is 9.78 Å². The van der Waals surface area contributed by atoms with Crippen molar-refractivity contribution in [2.75, 3.05) is 0 Å². The van der Waals surface area contributed by atoms with Gasteiger partial charge in [0.1, 0.15) is 22.9 Å². The van der Waals surface area contributed by atoms with Crippen molar-refractivity contribution in [3.05, 3.63) is 64.1 Å². The Morgan fingerprint density at radius 3 is 2.16 bits per heavy atom. The van der Waals surface area contributed by atoms with Gasteiger partial charge >= 0.3 is 24.5 Å². The van der Waals surface area contributed by atoms with E-state index < -0.39 is 64.6 Å². The molecule has 3 rings (SSSR count). The molecule has 0 bridgehead atoms. The molecule has 1 heterocycles. The molecule has 0 saturated heterocycles. The molecule has 5 nitrogen and oxygen atoms in total.